The molecule has 0 atom stereocenters. The van der Waals surface area contributed by atoms with Crippen molar-refractivity contribution in [2.24, 2.45) is 0 Å². The molecule has 0 fully saturated rings. The summed E-state index contributed by atoms with van der Waals surface area (Å²) >= 11 is 0. The quantitative estimate of drug-likeness (QED) is 0.601. The molecule has 0 spiro atoms. The highest BCUT2D eigenvalue weighted by Crippen LogP contribution is 1.83. The second kappa shape index (κ2) is 6.19. The van der Waals surface area contributed by atoms with E-state index in [0.717, 1.165) is 18.8 Å². The first-order chi connectivity index (χ1) is 5.16. The van der Waals surface area contributed by atoms with Gasteiger partial charge in [0.2, 0.25) is 0 Å². The Kier molecular flexibility index (Phi) is 5.88. The van der Waals surface area contributed by atoms with Crippen LogP contribution < -0.4 is 5.32 Å². The van der Waals surface area contributed by atoms with Crippen LogP contribution in [0.2, 0.25) is 0 Å². The topological polar surface area (TPSA) is 24.5 Å². The molecule has 0 saturated carbocycles. The average Bonchev–Trinajstić information content (AvgIpc) is 1.87. The van der Waals surface area contributed by atoms with Crippen LogP contribution in [0.5, 0.6) is 0 Å². The molecular formula is C8H18N2O. The predicted octanol–water partition coefficient (Wildman–Crippen LogP) is 0.298. The van der Waals surface area contributed by atoms with Crippen LogP contribution in [0.4, 0.5) is 0 Å². The lowest BCUT2D eigenvalue weighted by Gasteiger charge is -2.12. The molecule has 1 N–H and O–H groups in total. The van der Waals surface area contributed by atoms with Gasteiger partial charge in [-0.3, -0.25) is 0 Å². The summed E-state index contributed by atoms with van der Waals surface area (Å²) in [4.78, 5) is 2.12. The molecule has 0 radical (unpaired) electrons. The Hall–Kier alpha value is -0.540. The maximum absolute atomic E-state index is 4.89. The summed E-state index contributed by atoms with van der Waals surface area (Å²) in [5.74, 6) is 0. The molecule has 3 nitrogen and oxygen atoms in total. The summed E-state index contributed by atoms with van der Waals surface area (Å²) in [7, 11) is 5.75. The lowest BCUT2D eigenvalue weighted by atomic mass is 10.5. The lowest BCUT2D eigenvalue weighted by molar-refractivity contribution is 0.219. The molecule has 0 aliphatic carbocycles. The normalized spacial score (nSPS) is 10.2. The van der Waals surface area contributed by atoms with Gasteiger partial charge < -0.3 is 15.0 Å². The molecule has 0 aromatic carbocycles. The van der Waals surface area contributed by atoms with Gasteiger partial charge in [-0.1, -0.05) is 6.58 Å². The van der Waals surface area contributed by atoms with Crippen molar-refractivity contribution in [1.29, 1.82) is 0 Å². The summed E-state index contributed by atoms with van der Waals surface area (Å²) in [6.45, 7) is 6.32. The average molecular weight is 158 g/mol. The molecule has 0 heterocycles. The van der Waals surface area contributed by atoms with E-state index < -0.39 is 0 Å². The van der Waals surface area contributed by atoms with Crippen molar-refractivity contribution in [2.45, 2.75) is 0 Å². The molecular weight excluding hydrogens is 140 g/mol. The minimum absolute atomic E-state index is 0.591. The number of nitrogens with zero attached hydrogens (tertiary/aromatic N) is 1. The standard InChI is InChI=1S/C8H18N2O/c1-8(7-11-4)9-5-6-10(2)3/h9H,1,5-7H2,2-4H3. The Morgan fingerprint density at radius 3 is 2.64 bits per heavy atom. The summed E-state index contributed by atoms with van der Waals surface area (Å²) in [5.41, 5.74) is 0.939. The first kappa shape index (κ1) is 10.5. The zero-order chi connectivity index (χ0) is 8.69. The van der Waals surface area contributed by atoms with E-state index in [-0.39, 0.29) is 0 Å². The SMILES string of the molecule is C=C(COC)NCCN(C)C. The molecule has 11 heavy (non-hydrogen) atoms. The largest absolute Gasteiger partial charge is 0.386 e. The zero-order valence-electron chi connectivity index (χ0n) is 7.68. The van der Waals surface area contributed by atoms with Gasteiger partial charge in [-0.05, 0) is 14.1 Å². The smallest absolute Gasteiger partial charge is 0.0852 e. The maximum atomic E-state index is 4.89. The van der Waals surface area contributed by atoms with Crippen molar-refractivity contribution < 1.29 is 4.74 Å². The van der Waals surface area contributed by atoms with E-state index in [1.807, 2.05) is 14.1 Å². The van der Waals surface area contributed by atoms with E-state index >= 15 is 0 Å². The van der Waals surface area contributed by atoms with Crippen molar-refractivity contribution in [3.05, 3.63) is 12.3 Å². The summed E-state index contributed by atoms with van der Waals surface area (Å²) in [6.07, 6.45) is 0. The number of hydrogen-bond acceptors (Lipinski definition) is 3. The van der Waals surface area contributed by atoms with Crippen LogP contribution in [-0.2, 0) is 4.74 Å². The highest BCUT2D eigenvalue weighted by molar-refractivity contribution is 4.90. The van der Waals surface area contributed by atoms with Crippen LogP contribution in [0.25, 0.3) is 0 Å². The number of rotatable bonds is 6. The summed E-state index contributed by atoms with van der Waals surface area (Å²) in [6, 6.07) is 0. The fraction of sp³-hybridized carbons (Fsp3) is 0.750. The van der Waals surface area contributed by atoms with Crippen molar-refractivity contribution in [3.63, 3.8) is 0 Å². The highest BCUT2D eigenvalue weighted by Gasteiger charge is 1.91. The molecule has 0 aromatic rings. The Labute approximate surface area is 69.0 Å². The van der Waals surface area contributed by atoms with Crippen molar-refractivity contribution in [2.75, 3.05) is 40.9 Å². The van der Waals surface area contributed by atoms with E-state index in [0.29, 0.717) is 6.61 Å². The number of hydrogen-bond donors (Lipinski definition) is 1. The minimum Gasteiger partial charge on any atom is -0.386 e. The maximum Gasteiger partial charge on any atom is 0.0852 e. The van der Waals surface area contributed by atoms with Gasteiger partial charge in [0.25, 0.3) is 0 Å². The summed E-state index contributed by atoms with van der Waals surface area (Å²) in [5, 5.41) is 3.15. The van der Waals surface area contributed by atoms with E-state index in [1.54, 1.807) is 7.11 Å². The van der Waals surface area contributed by atoms with Gasteiger partial charge in [-0.15, -0.1) is 0 Å². The highest BCUT2D eigenvalue weighted by atomic mass is 16.5. The molecule has 0 unspecified atom stereocenters. The van der Waals surface area contributed by atoms with Crippen molar-refractivity contribution in [1.82, 2.24) is 10.2 Å². The monoisotopic (exact) mass is 158 g/mol. The van der Waals surface area contributed by atoms with E-state index in [4.69, 9.17) is 4.74 Å². The van der Waals surface area contributed by atoms with Gasteiger partial charge in [-0.2, -0.15) is 0 Å². The van der Waals surface area contributed by atoms with Crippen molar-refractivity contribution in [3.8, 4) is 0 Å². The van der Waals surface area contributed by atoms with Gasteiger partial charge in [-0.25, -0.2) is 0 Å². The molecule has 0 bridgehead atoms. The number of methoxy groups -OCH3 is 1. The van der Waals surface area contributed by atoms with Gasteiger partial charge in [0, 0.05) is 25.9 Å². The molecule has 66 valence electrons. The summed E-state index contributed by atoms with van der Waals surface area (Å²) < 4.78 is 4.89. The number of nitrogens with one attached hydrogen (secondary N) is 1. The third-order valence-corrected chi connectivity index (χ3v) is 1.25. The zero-order valence-corrected chi connectivity index (χ0v) is 7.68. The molecule has 0 rings (SSSR count). The molecule has 0 aliphatic rings. The van der Waals surface area contributed by atoms with Crippen LogP contribution in [-0.4, -0.2) is 45.8 Å². The first-order valence-electron chi connectivity index (χ1n) is 3.72. The minimum atomic E-state index is 0.591. The Balaban J connectivity index is 3.17. The molecule has 0 saturated heterocycles. The fourth-order valence-electron chi connectivity index (χ4n) is 0.682. The fourth-order valence-corrected chi connectivity index (χ4v) is 0.682. The van der Waals surface area contributed by atoms with Gasteiger partial charge in [0.05, 0.1) is 6.61 Å². The van der Waals surface area contributed by atoms with Crippen molar-refractivity contribution >= 4 is 0 Å². The molecule has 3 heteroatoms. The predicted molar refractivity (Wildman–Crippen MR) is 47.6 cm³/mol. The molecule has 0 amide bonds. The lowest BCUT2D eigenvalue weighted by Crippen LogP contribution is -2.27. The van der Waals surface area contributed by atoms with Gasteiger partial charge in [0.1, 0.15) is 0 Å². The number of ether oxygens (including phenoxy) is 1. The first-order valence-corrected chi connectivity index (χ1v) is 3.72. The van der Waals surface area contributed by atoms with Crippen LogP contribution >= 0.6 is 0 Å². The second-order valence-corrected chi connectivity index (χ2v) is 2.77. The van der Waals surface area contributed by atoms with Crippen LogP contribution in [0, 0.1) is 0 Å². The van der Waals surface area contributed by atoms with E-state index in [1.165, 1.54) is 0 Å². The Morgan fingerprint density at radius 2 is 2.18 bits per heavy atom. The molecule has 0 aromatic heterocycles. The van der Waals surface area contributed by atoms with Gasteiger partial charge in [0.15, 0.2) is 0 Å². The molecule has 0 aliphatic heterocycles. The third-order valence-electron chi connectivity index (χ3n) is 1.25. The number of likely N-dealkylation sites (N-methyl/N-ethyl adjacent to an activating group) is 1. The third kappa shape index (κ3) is 7.36. The van der Waals surface area contributed by atoms with Gasteiger partial charge >= 0.3 is 0 Å². The van der Waals surface area contributed by atoms with Crippen LogP contribution in [0.15, 0.2) is 12.3 Å². The second-order valence-electron chi connectivity index (χ2n) is 2.77. The van der Waals surface area contributed by atoms with Crippen LogP contribution in [0.1, 0.15) is 0 Å². The van der Waals surface area contributed by atoms with E-state index in [2.05, 4.69) is 16.8 Å². The Bertz CT molecular complexity index is 113. The van der Waals surface area contributed by atoms with E-state index in [9.17, 15) is 0 Å². The Morgan fingerprint density at radius 1 is 1.55 bits per heavy atom. The van der Waals surface area contributed by atoms with Crippen LogP contribution in [0.3, 0.4) is 0 Å².